The second-order valence-corrected chi connectivity index (χ2v) is 8.58. The number of rotatable bonds is 8. The van der Waals surface area contributed by atoms with Crippen LogP contribution in [-0.4, -0.2) is 68.5 Å². The number of ether oxygens (including phenoxy) is 2. The summed E-state index contributed by atoms with van der Waals surface area (Å²) in [5, 5.41) is 41.6. The molecular formula is C22H38O8. The summed E-state index contributed by atoms with van der Waals surface area (Å²) in [7, 11) is 0. The van der Waals surface area contributed by atoms with Gasteiger partial charge in [-0.05, 0) is 33.3 Å². The molecule has 1 unspecified atom stereocenters. The van der Waals surface area contributed by atoms with E-state index in [4.69, 9.17) is 9.47 Å². The summed E-state index contributed by atoms with van der Waals surface area (Å²) in [4.78, 5) is 24.6. The molecule has 0 aromatic rings. The number of carbonyl (C=O) groups is 2. The average molecular weight is 431 g/mol. The maximum Gasteiger partial charge on any atom is 0.330 e. The number of esters is 2. The van der Waals surface area contributed by atoms with Crippen LogP contribution >= 0.6 is 0 Å². The average Bonchev–Trinajstić information content (AvgIpc) is 2.71. The van der Waals surface area contributed by atoms with Crippen LogP contribution < -0.4 is 0 Å². The fourth-order valence-electron chi connectivity index (χ4n) is 3.75. The van der Waals surface area contributed by atoms with Crippen molar-refractivity contribution < 1.29 is 39.5 Å². The third-order valence-corrected chi connectivity index (χ3v) is 5.88. The first-order chi connectivity index (χ1) is 13.9. The summed E-state index contributed by atoms with van der Waals surface area (Å²) in [5.41, 5.74) is -2.02. The van der Waals surface area contributed by atoms with Crippen molar-refractivity contribution in [1.29, 1.82) is 0 Å². The first-order valence-corrected chi connectivity index (χ1v) is 10.8. The van der Waals surface area contributed by atoms with Crippen LogP contribution in [0.3, 0.4) is 0 Å². The Hall–Kier alpha value is -1.48. The summed E-state index contributed by atoms with van der Waals surface area (Å²) < 4.78 is 10.7. The molecule has 30 heavy (non-hydrogen) atoms. The third kappa shape index (κ3) is 7.04. The van der Waals surface area contributed by atoms with Gasteiger partial charge in [0.05, 0.1) is 24.2 Å². The Morgan fingerprint density at radius 1 is 1.20 bits per heavy atom. The number of aliphatic hydroxyl groups is 4. The van der Waals surface area contributed by atoms with Gasteiger partial charge in [-0.1, -0.05) is 39.5 Å². The van der Waals surface area contributed by atoms with Gasteiger partial charge in [-0.3, -0.25) is 4.79 Å². The quantitative estimate of drug-likeness (QED) is 0.258. The zero-order chi connectivity index (χ0) is 23.1. The molecule has 0 aromatic heterocycles. The number of hydrogen-bond acceptors (Lipinski definition) is 8. The molecule has 8 nitrogen and oxygen atoms in total. The van der Waals surface area contributed by atoms with E-state index in [1.54, 1.807) is 0 Å². The second-order valence-electron chi connectivity index (χ2n) is 8.58. The molecule has 1 aliphatic heterocycles. The molecule has 0 aliphatic carbocycles. The molecule has 1 rings (SSSR count). The topological polar surface area (TPSA) is 134 Å². The van der Waals surface area contributed by atoms with Crippen molar-refractivity contribution in [2.75, 3.05) is 0 Å². The summed E-state index contributed by atoms with van der Waals surface area (Å²) in [6.07, 6.45) is 1.24. The SMILES string of the molecule is CCCCCCC(O)/C=C/C(=O)O[C@@H]1[C@@H](C)[C@H](O)[C@@](C)(O)[C@H](O)[C@H](C)C(=O)O[C@H]1C. The van der Waals surface area contributed by atoms with E-state index in [9.17, 15) is 30.0 Å². The number of aliphatic hydroxyl groups excluding tert-OH is 3. The lowest BCUT2D eigenvalue weighted by atomic mass is 9.78. The molecule has 1 saturated heterocycles. The molecule has 4 N–H and O–H groups in total. The lowest BCUT2D eigenvalue weighted by Gasteiger charge is -2.39. The monoisotopic (exact) mass is 430 g/mol. The smallest absolute Gasteiger partial charge is 0.330 e. The Morgan fingerprint density at radius 2 is 1.83 bits per heavy atom. The van der Waals surface area contributed by atoms with Gasteiger partial charge in [0.1, 0.15) is 17.8 Å². The summed E-state index contributed by atoms with van der Waals surface area (Å²) in [5.74, 6) is -3.46. The van der Waals surface area contributed by atoms with E-state index in [0.29, 0.717) is 6.42 Å². The lowest BCUT2D eigenvalue weighted by molar-refractivity contribution is -0.180. The minimum atomic E-state index is -2.02. The highest BCUT2D eigenvalue weighted by molar-refractivity contribution is 5.82. The van der Waals surface area contributed by atoms with Crippen molar-refractivity contribution >= 4 is 11.9 Å². The van der Waals surface area contributed by atoms with Crippen LogP contribution in [0, 0.1) is 11.8 Å². The van der Waals surface area contributed by atoms with Crippen molar-refractivity contribution in [3.05, 3.63) is 12.2 Å². The van der Waals surface area contributed by atoms with Crippen LogP contribution in [0.5, 0.6) is 0 Å². The maximum atomic E-state index is 12.3. The predicted octanol–water partition coefficient (Wildman–Crippen LogP) is 1.48. The zero-order valence-electron chi connectivity index (χ0n) is 18.7. The van der Waals surface area contributed by atoms with Crippen molar-refractivity contribution in [1.82, 2.24) is 0 Å². The molecule has 1 fully saturated rings. The Labute approximate surface area is 178 Å². The van der Waals surface area contributed by atoms with Gasteiger partial charge in [-0.15, -0.1) is 0 Å². The first-order valence-electron chi connectivity index (χ1n) is 10.8. The van der Waals surface area contributed by atoms with Gasteiger partial charge < -0.3 is 29.9 Å². The molecule has 174 valence electrons. The van der Waals surface area contributed by atoms with Crippen LogP contribution in [0.1, 0.15) is 66.7 Å². The third-order valence-electron chi connectivity index (χ3n) is 5.88. The molecule has 0 aromatic carbocycles. The highest BCUT2D eigenvalue weighted by atomic mass is 16.6. The van der Waals surface area contributed by atoms with E-state index < -0.39 is 59.9 Å². The van der Waals surface area contributed by atoms with Crippen LogP contribution in [-0.2, 0) is 19.1 Å². The summed E-state index contributed by atoms with van der Waals surface area (Å²) >= 11 is 0. The highest BCUT2D eigenvalue weighted by Crippen LogP contribution is 2.32. The molecule has 1 heterocycles. The number of carbonyl (C=O) groups excluding carboxylic acids is 2. The number of unbranched alkanes of at least 4 members (excludes halogenated alkanes) is 3. The standard InChI is InChI=1S/C22H38O8/c1-6-7-8-9-10-16(23)11-12-17(24)30-18-13(2)19(25)22(5,28)20(26)14(3)21(27)29-15(18)4/h11-16,18-20,23,25-26,28H,6-10H2,1-5H3/b12-11+/t13-,14+,15+,16?,18-,19+,20-,22-/m1/s1. The molecule has 0 radical (unpaired) electrons. The lowest BCUT2D eigenvalue weighted by Crippen LogP contribution is -2.57. The Kier molecular flexibility index (Phi) is 10.4. The van der Waals surface area contributed by atoms with E-state index >= 15 is 0 Å². The minimum Gasteiger partial charge on any atom is -0.458 e. The van der Waals surface area contributed by atoms with Crippen LogP contribution in [0.25, 0.3) is 0 Å². The molecule has 0 bridgehead atoms. The van der Waals surface area contributed by atoms with Gasteiger partial charge in [0.15, 0.2) is 0 Å². The summed E-state index contributed by atoms with van der Waals surface area (Å²) in [6.45, 7) is 7.77. The Morgan fingerprint density at radius 3 is 2.43 bits per heavy atom. The van der Waals surface area contributed by atoms with Crippen LogP contribution in [0.4, 0.5) is 0 Å². The van der Waals surface area contributed by atoms with Gasteiger partial charge in [0, 0.05) is 12.0 Å². The molecule has 0 amide bonds. The molecule has 0 saturated carbocycles. The van der Waals surface area contributed by atoms with Crippen LogP contribution in [0.15, 0.2) is 12.2 Å². The van der Waals surface area contributed by atoms with E-state index in [-0.39, 0.29) is 0 Å². The predicted molar refractivity (Wildman–Crippen MR) is 110 cm³/mol. The second kappa shape index (κ2) is 11.8. The number of cyclic esters (lactones) is 1. The van der Waals surface area contributed by atoms with Gasteiger partial charge >= 0.3 is 11.9 Å². The maximum absolute atomic E-state index is 12.3. The van der Waals surface area contributed by atoms with Crippen LogP contribution in [0.2, 0.25) is 0 Å². The Balaban J connectivity index is 2.88. The largest absolute Gasteiger partial charge is 0.458 e. The van der Waals surface area contributed by atoms with Crippen molar-refractivity contribution in [3.8, 4) is 0 Å². The fraction of sp³-hybridized carbons (Fsp3) is 0.818. The molecule has 1 aliphatic rings. The van der Waals surface area contributed by atoms with E-state index in [1.165, 1.54) is 33.8 Å². The molecular weight excluding hydrogens is 392 g/mol. The van der Waals surface area contributed by atoms with Crippen molar-refractivity contribution in [2.45, 2.75) is 103 Å². The molecule has 0 spiro atoms. The zero-order valence-corrected chi connectivity index (χ0v) is 18.7. The van der Waals surface area contributed by atoms with Gasteiger partial charge in [-0.2, -0.15) is 0 Å². The van der Waals surface area contributed by atoms with Gasteiger partial charge in [0.25, 0.3) is 0 Å². The van der Waals surface area contributed by atoms with Crippen molar-refractivity contribution in [2.24, 2.45) is 11.8 Å². The van der Waals surface area contributed by atoms with Crippen molar-refractivity contribution in [3.63, 3.8) is 0 Å². The minimum absolute atomic E-state index is 0.537. The Bertz CT molecular complexity index is 588. The molecule has 8 atom stereocenters. The normalized spacial score (nSPS) is 36.5. The van der Waals surface area contributed by atoms with Gasteiger partial charge in [-0.25, -0.2) is 4.79 Å². The molecule has 8 heteroatoms. The first kappa shape index (κ1) is 26.6. The summed E-state index contributed by atoms with van der Waals surface area (Å²) in [6, 6.07) is 0. The number of hydrogen-bond donors (Lipinski definition) is 4. The van der Waals surface area contributed by atoms with E-state index in [0.717, 1.165) is 31.8 Å². The van der Waals surface area contributed by atoms with E-state index in [1.807, 2.05) is 0 Å². The van der Waals surface area contributed by atoms with E-state index in [2.05, 4.69) is 6.92 Å². The fourth-order valence-corrected chi connectivity index (χ4v) is 3.75. The highest BCUT2D eigenvalue weighted by Gasteiger charge is 2.50. The van der Waals surface area contributed by atoms with Gasteiger partial charge in [0.2, 0.25) is 0 Å².